The molecule has 0 aliphatic heterocycles. The van der Waals surface area contributed by atoms with Crippen LogP contribution in [0.3, 0.4) is 0 Å². The number of halogens is 3. The summed E-state index contributed by atoms with van der Waals surface area (Å²) >= 11 is 5.58. The lowest BCUT2D eigenvalue weighted by molar-refractivity contribution is -0.123. The molecule has 3 aromatic rings. The van der Waals surface area contributed by atoms with Crippen molar-refractivity contribution in [2.45, 2.75) is 12.5 Å². The van der Waals surface area contributed by atoms with Crippen molar-refractivity contribution in [3.8, 4) is 17.0 Å². The monoisotopic (exact) mass is 489 g/mol. The fraction of sp³-hybridized carbons (Fsp3) is 0.208. The number of benzene rings is 2. The molecule has 0 radical (unpaired) electrons. The van der Waals surface area contributed by atoms with E-state index in [1.54, 1.807) is 24.3 Å². The van der Waals surface area contributed by atoms with Gasteiger partial charge in [-0.25, -0.2) is 13.8 Å². The molecule has 2 amide bonds. The van der Waals surface area contributed by atoms with E-state index >= 15 is 0 Å². The highest BCUT2D eigenvalue weighted by Gasteiger charge is 2.12. The van der Waals surface area contributed by atoms with Crippen LogP contribution in [0.5, 0.6) is 5.75 Å². The molecular formula is C24H22ClF2N3O4. The highest BCUT2D eigenvalue weighted by Crippen LogP contribution is 2.20. The van der Waals surface area contributed by atoms with Crippen molar-refractivity contribution in [2.24, 2.45) is 0 Å². The highest BCUT2D eigenvalue weighted by atomic mass is 35.5. The molecule has 1 aromatic heterocycles. The standard InChI is InChI=1S/C24H22ClF2N3O4/c25-19-8-7-18(12-20(19)27)34-14-23(32)29-13-17(31)9-10-28-24(33)22-6-2-5-21(30-22)15-3-1-4-16(26)11-15/h1-8,11-12,17,31H,9-10,13-14H2,(H,28,33)(H,29,32). The first-order chi connectivity index (χ1) is 16.3. The average Bonchev–Trinajstić information content (AvgIpc) is 2.83. The van der Waals surface area contributed by atoms with Gasteiger partial charge in [-0.15, -0.1) is 0 Å². The minimum atomic E-state index is -0.913. The first-order valence-electron chi connectivity index (χ1n) is 10.4. The van der Waals surface area contributed by atoms with Gasteiger partial charge in [-0.3, -0.25) is 9.59 Å². The Balaban J connectivity index is 1.38. The summed E-state index contributed by atoms with van der Waals surface area (Å²) in [6.45, 7) is -0.277. The van der Waals surface area contributed by atoms with E-state index in [-0.39, 0.29) is 42.6 Å². The number of aliphatic hydroxyl groups excluding tert-OH is 1. The van der Waals surface area contributed by atoms with Crippen LogP contribution in [0.25, 0.3) is 11.3 Å². The number of rotatable bonds is 10. The molecule has 0 saturated carbocycles. The number of amides is 2. The van der Waals surface area contributed by atoms with Gasteiger partial charge in [0.2, 0.25) is 0 Å². The average molecular weight is 490 g/mol. The lowest BCUT2D eigenvalue weighted by Gasteiger charge is -2.13. The summed E-state index contributed by atoms with van der Waals surface area (Å²) in [6.07, 6.45) is -0.734. The van der Waals surface area contributed by atoms with Gasteiger partial charge in [-0.1, -0.05) is 29.8 Å². The normalized spacial score (nSPS) is 11.5. The molecule has 2 aromatic carbocycles. The Hall–Kier alpha value is -3.56. The molecule has 0 saturated heterocycles. The lowest BCUT2D eigenvalue weighted by atomic mass is 10.1. The summed E-state index contributed by atoms with van der Waals surface area (Å²) in [4.78, 5) is 28.5. The second-order valence-corrected chi connectivity index (χ2v) is 7.69. The quantitative estimate of drug-likeness (QED) is 0.405. The summed E-state index contributed by atoms with van der Waals surface area (Å²) in [7, 11) is 0. The Morgan fingerprint density at radius 1 is 1.06 bits per heavy atom. The van der Waals surface area contributed by atoms with Gasteiger partial charge in [-0.2, -0.15) is 0 Å². The zero-order valence-corrected chi connectivity index (χ0v) is 18.7. The van der Waals surface area contributed by atoms with E-state index in [0.717, 1.165) is 6.07 Å². The third-order valence-electron chi connectivity index (χ3n) is 4.66. The van der Waals surface area contributed by atoms with Crippen molar-refractivity contribution in [2.75, 3.05) is 19.7 Å². The van der Waals surface area contributed by atoms with E-state index in [2.05, 4.69) is 15.6 Å². The lowest BCUT2D eigenvalue weighted by Crippen LogP contribution is -2.37. The summed E-state index contributed by atoms with van der Waals surface area (Å²) in [5, 5.41) is 15.1. The van der Waals surface area contributed by atoms with Crippen molar-refractivity contribution in [3.63, 3.8) is 0 Å². The number of nitrogens with zero attached hydrogens (tertiary/aromatic N) is 1. The predicted octanol–water partition coefficient (Wildman–Crippen LogP) is 3.36. The number of hydrogen-bond donors (Lipinski definition) is 3. The SMILES string of the molecule is O=C(COc1ccc(Cl)c(F)c1)NCC(O)CCNC(=O)c1cccc(-c2cccc(F)c2)n1. The molecule has 0 aliphatic rings. The number of nitrogens with one attached hydrogen (secondary N) is 2. The number of aliphatic hydroxyl groups is 1. The van der Waals surface area contributed by atoms with Crippen molar-refractivity contribution in [1.29, 1.82) is 0 Å². The molecule has 0 fully saturated rings. The molecule has 1 atom stereocenters. The Labute approximate surface area is 199 Å². The van der Waals surface area contributed by atoms with Crippen LogP contribution in [0.1, 0.15) is 16.9 Å². The summed E-state index contributed by atoms with van der Waals surface area (Å²) in [5.74, 6) is -1.86. The molecule has 10 heteroatoms. The fourth-order valence-corrected chi connectivity index (χ4v) is 3.03. The third kappa shape index (κ3) is 7.50. The molecule has 1 heterocycles. The van der Waals surface area contributed by atoms with Crippen LogP contribution in [0.4, 0.5) is 8.78 Å². The first kappa shape index (κ1) is 25.1. The minimum absolute atomic E-state index is 0.0536. The number of pyridine rings is 1. The van der Waals surface area contributed by atoms with Crippen molar-refractivity contribution in [1.82, 2.24) is 15.6 Å². The van der Waals surface area contributed by atoms with Gasteiger partial charge < -0.3 is 20.5 Å². The number of ether oxygens (including phenoxy) is 1. The first-order valence-corrected chi connectivity index (χ1v) is 10.7. The minimum Gasteiger partial charge on any atom is -0.484 e. The molecule has 3 N–H and O–H groups in total. The molecule has 0 aliphatic carbocycles. The Kier molecular flexibility index (Phi) is 8.89. The second kappa shape index (κ2) is 12.1. The van der Waals surface area contributed by atoms with Gasteiger partial charge >= 0.3 is 0 Å². The van der Waals surface area contributed by atoms with Crippen LogP contribution < -0.4 is 15.4 Å². The summed E-state index contributed by atoms with van der Waals surface area (Å²) in [6, 6.07) is 14.6. The topological polar surface area (TPSA) is 101 Å². The van der Waals surface area contributed by atoms with E-state index < -0.39 is 29.6 Å². The van der Waals surface area contributed by atoms with Crippen LogP contribution in [0.15, 0.2) is 60.7 Å². The Morgan fingerprint density at radius 2 is 1.85 bits per heavy atom. The van der Waals surface area contributed by atoms with E-state index in [1.807, 2.05) is 0 Å². The molecule has 178 valence electrons. The molecule has 7 nitrogen and oxygen atoms in total. The Morgan fingerprint density at radius 3 is 2.62 bits per heavy atom. The Bertz CT molecular complexity index is 1160. The van der Waals surface area contributed by atoms with Crippen LogP contribution >= 0.6 is 11.6 Å². The maximum absolute atomic E-state index is 13.4. The molecule has 0 spiro atoms. The van der Waals surface area contributed by atoms with Gasteiger partial charge in [0, 0.05) is 24.7 Å². The van der Waals surface area contributed by atoms with E-state index in [9.17, 15) is 23.5 Å². The maximum Gasteiger partial charge on any atom is 0.269 e. The largest absolute Gasteiger partial charge is 0.484 e. The van der Waals surface area contributed by atoms with Gasteiger partial charge in [0.1, 0.15) is 23.1 Å². The molecule has 1 unspecified atom stereocenters. The van der Waals surface area contributed by atoms with Crippen LogP contribution in [-0.2, 0) is 4.79 Å². The van der Waals surface area contributed by atoms with E-state index in [0.29, 0.717) is 11.3 Å². The molecule has 3 rings (SSSR count). The number of hydrogen-bond acceptors (Lipinski definition) is 5. The van der Waals surface area contributed by atoms with Gasteiger partial charge in [0.15, 0.2) is 6.61 Å². The summed E-state index contributed by atoms with van der Waals surface area (Å²) < 4.78 is 32.0. The molecule has 0 bridgehead atoms. The van der Waals surface area contributed by atoms with Crippen molar-refractivity contribution < 1.29 is 28.2 Å². The van der Waals surface area contributed by atoms with Gasteiger partial charge in [0.05, 0.1) is 16.8 Å². The van der Waals surface area contributed by atoms with E-state index in [1.165, 1.54) is 30.3 Å². The number of aromatic nitrogens is 1. The molecular weight excluding hydrogens is 468 g/mol. The zero-order valence-electron chi connectivity index (χ0n) is 17.9. The van der Waals surface area contributed by atoms with Crippen molar-refractivity contribution in [3.05, 3.63) is 83.0 Å². The number of carbonyl (C=O) groups excluding carboxylic acids is 2. The van der Waals surface area contributed by atoms with E-state index in [4.69, 9.17) is 16.3 Å². The predicted molar refractivity (Wildman–Crippen MR) is 123 cm³/mol. The second-order valence-electron chi connectivity index (χ2n) is 7.29. The fourth-order valence-electron chi connectivity index (χ4n) is 2.91. The van der Waals surface area contributed by atoms with Crippen molar-refractivity contribution >= 4 is 23.4 Å². The number of carbonyl (C=O) groups is 2. The third-order valence-corrected chi connectivity index (χ3v) is 4.97. The maximum atomic E-state index is 13.4. The van der Waals surface area contributed by atoms with Crippen LogP contribution in [-0.4, -0.2) is 47.7 Å². The summed E-state index contributed by atoms with van der Waals surface area (Å²) in [5.41, 5.74) is 1.16. The smallest absolute Gasteiger partial charge is 0.269 e. The van der Waals surface area contributed by atoms with Crippen LogP contribution in [0, 0.1) is 11.6 Å². The molecule has 34 heavy (non-hydrogen) atoms. The van der Waals surface area contributed by atoms with Gasteiger partial charge in [-0.05, 0) is 42.8 Å². The van der Waals surface area contributed by atoms with Gasteiger partial charge in [0.25, 0.3) is 11.8 Å². The zero-order chi connectivity index (χ0) is 24.5. The van der Waals surface area contributed by atoms with Crippen LogP contribution in [0.2, 0.25) is 5.02 Å². The highest BCUT2D eigenvalue weighted by molar-refractivity contribution is 6.30.